The minimum absolute atomic E-state index is 0.116. The molecule has 10 nitrogen and oxygen atoms in total. The topological polar surface area (TPSA) is 151 Å². The first-order valence-corrected chi connectivity index (χ1v) is 25.0. The molecule has 0 saturated heterocycles. The third-order valence-corrected chi connectivity index (χ3v) is 14.7. The lowest BCUT2D eigenvalue weighted by molar-refractivity contribution is 0.0975. The summed E-state index contributed by atoms with van der Waals surface area (Å²) in [6.45, 7) is 24.8. The van der Waals surface area contributed by atoms with Crippen LogP contribution in [-0.4, -0.2) is 28.4 Å². The smallest absolute Gasteiger partial charge is 0.262 e. The Labute approximate surface area is 390 Å². The van der Waals surface area contributed by atoms with Gasteiger partial charge < -0.3 is 10.6 Å². The Morgan fingerprint density at radius 3 is 0.803 bits per heavy atom. The van der Waals surface area contributed by atoms with Gasteiger partial charge in [-0.3, -0.25) is 19.0 Å². The van der Waals surface area contributed by atoms with Gasteiger partial charge >= 0.3 is 0 Å². The van der Waals surface area contributed by atoms with Crippen LogP contribution in [0.25, 0.3) is 0 Å². The Balaban J connectivity index is 1.43. The molecule has 0 atom stereocenters. The largest absolute Gasteiger partial charge is 0.355 e. The van der Waals surface area contributed by atoms with Gasteiger partial charge in [-0.15, -0.1) is 0 Å². The maximum atomic E-state index is 15.5. The molecular formula is C54H60N4O6S2. The molecule has 344 valence electrons. The van der Waals surface area contributed by atoms with Crippen molar-refractivity contribution in [3.8, 4) is 0 Å². The van der Waals surface area contributed by atoms with Crippen LogP contribution in [0.4, 0.5) is 34.1 Å². The molecular weight excluding hydrogens is 865 g/mol. The minimum Gasteiger partial charge on any atom is -0.355 e. The van der Waals surface area contributed by atoms with Crippen molar-refractivity contribution in [2.45, 2.75) is 115 Å². The molecule has 6 aromatic carbocycles. The highest BCUT2D eigenvalue weighted by molar-refractivity contribution is 7.93. The van der Waals surface area contributed by atoms with Crippen molar-refractivity contribution < 1.29 is 26.4 Å². The molecule has 0 aromatic heterocycles. The van der Waals surface area contributed by atoms with E-state index in [4.69, 9.17) is 0 Å². The van der Waals surface area contributed by atoms with Crippen molar-refractivity contribution in [1.29, 1.82) is 0 Å². The van der Waals surface area contributed by atoms with Crippen molar-refractivity contribution in [1.82, 2.24) is 0 Å². The predicted molar refractivity (Wildman–Crippen MR) is 268 cm³/mol. The number of sulfonamides is 2. The molecule has 0 heterocycles. The van der Waals surface area contributed by atoms with Gasteiger partial charge in [0, 0.05) is 22.7 Å². The van der Waals surface area contributed by atoms with E-state index in [-0.39, 0.29) is 55.5 Å². The van der Waals surface area contributed by atoms with Crippen LogP contribution in [0.1, 0.15) is 137 Å². The normalized spacial score (nSPS) is 13.5. The number of carbonyl (C=O) groups excluding carboxylic acids is 2. The molecule has 0 bridgehead atoms. The number of anilines is 6. The summed E-state index contributed by atoms with van der Waals surface area (Å²) in [7, 11) is -9.28. The molecule has 1 aliphatic carbocycles. The molecule has 12 heteroatoms. The summed E-state index contributed by atoms with van der Waals surface area (Å²) in [6, 6.07) is 34.6. The molecule has 7 rings (SSSR count). The quantitative estimate of drug-likeness (QED) is 0.106. The summed E-state index contributed by atoms with van der Waals surface area (Å²) in [5.41, 5.74) is 4.19. The molecule has 0 spiro atoms. The lowest BCUT2D eigenvalue weighted by atomic mass is 9.82. The minimum atomic E-state index is -4.64. The maximum Gasteiger partial charge on any atom is 0.262 e. The second-order valence-corrected chi connectivity index (χ2v) is 24.5. The van der Waals surface area contributed by atoms with Gasteiger partial charge in [0.1, 0.15) is 0 Å². The van der Waals surface area contributed by atoms with Gasteiger partial charge in [-0.1, -0.05) is 132 Å². The summed E-state index contributed by atoms with van der Waals surface area (Å²) < 4.78 is 63.6. The van der Waals surface area contributed by atoms with Gasteiger partial charge in [-0.2, -0.15) is 0 Å². The van der Waals surface area contributed by atoms with E-state index >= 15 is 9.59 Å². The zero-order chi connectivity index (χ0) is 48.4. The van der Waals surface area contributed by atoms with Gasteiger partial charge in [0.2, 0.25) is 0 Å². The number of benzene rings is 6. The van der Waals surface area contributed by atoms with Crippen LogP contribution in [0.5, 0.6) is 0 Å². The Morgan fingerprint density at radius 1 is 0.318 bits per heavy atom. The van der Waals surface area contributed by atoms with E-state index < -0.39 is 52.5 Å². The van der Waals surface area contributed by atoms with Crippen molar-refractivity contribution in [2.75, 3.05) is 20.1 Å². The average molecular weight is 925 g/mol. The van der Waals surface area contributed by atoms with E-state index in [9.17, 15) is 16.8 Å². The maximum absolute atomic E-state index is 15.5. The zero-order valence-corrected chi connectivity index (χ0v) is 41.4. The average Bonchev–Trinajstić information content (AvgIpc) is 3.22. The number of hydrogen-bond acceptors (Lipinski definition) is 8. The van der Waals surface area contributed by atoms with Gasteiger partial charge in [-0.05, 0) is 117 Å². The van der Waals surface area contributed by atoms with Crippen LogP contribution >= 0.6 is 0 Å². The van der Waals surface area contributed by atoms with E-state index in [2.05, 4.69) is 61.6 Å². The second-order valence-electron chi connectivity index (χ2n) is 21.2. The molecule has 0 fully saturated rings. The summed E-state index contributed by atoms with van der Waals surface area (Å²) in [4.78, 5) is 30.0. The molecule has 6 aromatic rings. The lowest BCUT2D eigenvalue weighted by Gasteiger charge is -2.27. The highest BCUT2D eigenvalue weighted by atomic mass is 32.2. The molecule has 66 heavy (non-hydrogen) atoms. The monoisotopic (exact) mass is 924 g/mol. The van der Waals surface area contributed by atoms with Crippen LogP contribution in [0.3, 0.4) is 0 Å². The van der Waals surface area contributed by atoms with Crippen LogP contribution in [0, 0.1) is 0 Å². The fraction of sp³-hybridized carbons (Fsp3) is 0.296. The van der Waals surface area contributed by atoms with Gasteiger partial charge in [0.05, 0.1) is 43.4 Å². The first-order valence-electron chi connectivity index (χ1n) is 22.0. The molecule has 0 radical (unpaired) electrons. The third-order valence-electron chi connectivity index (χ3n) is 11.9. The number of hydrogen-bond donors (Lipinski definition) is 4. The van der Waals surface area contributed by atoms with Crippen molar-refractivity contribution in [2.24, 2.45) is 0 Å². The van der Waals surface area contributed by atoms with Crippen molar-refractivity contribution in [3.63, 3.8) is 0 Å². The third kappa shape index (κ3) is 9.81. The molecule has 0 aliphatic heterocycles. The SMILES string of the molecule is CC(C)(C)c1ccc(Nc2ccc(Nc3ccc(C(C)(C)C)cc3)c3c2C(=O)c2c(S(=O)(=O)Nc4ccc(C(C)(C)C)cc4)ccc(S(=O)(=O)Nc4ccc(C(C)(C)C)cc4)c2C3=O)cc1. The fourth-order valence-electron chi connectivity index (χ4n) is 7.91. The molecule has 0 amide bonds. The highest BCUT2D eigenvalue weighted by Gasteiger charge is 2.42. The summed E-state index contributed by atoms with van der Waals surface area (Å²) in [6.07, 6.45) is 0. The number of ketones is 2. The van der Waals surface area contributed by atoms with E-state index in [1.54, 1.807) is 36.4 Å². The molecule has 4 N–H and O–H groups in total. The molecule has 0 saturated carbocycles. The highest BCUT2D eigenvalue weighted by Crippen LogP contribution is 2.43. The first-order chi connectivity index (χ1) is 30.5. The van der Waals surface area contributed by atoms with Crippen molar-refractivity contribution >= 4 is 65.7 Å². The van der Waals surface area contributed by atoms with Crippen LogP contribution in [0.2, 0.25) is 0 Å². The van der Waals surface area contributed by atoms with Gasteiger partial charge in [0.15, 0.2) is 11.6 Å². The van der Waals surface area contributed by atoms with Crippen LogP contribution in [-0.2, 0) is 41.7 Å². The number of fused-ring (bicyclic) bond motifs is 2. The zero-order valence-electron chi connectivity index (χ0n) is 39.8. The van der Waals surface area contributed by atoms with E-state index in [1.807, 2.05) is 114 Å². The Morgan fingerprint density at radius 2 is 0.561 bits per heavy atom. The lowest BCUT2D eigenvalue weighted by Crippen LogP contribution is -2.30. The Bertz CT molecular complexity index is 2870. The molecule has 1 aliphatic rings. The standard InChI is InChI=1S/C54H60N4O6S2/c1-51(2,3)33-13-21-37(22-14-33)55-41-29-30-42(56-38-23-15-34(16-24-38)52(4,5)6)46-45(41)49(59)47-43(65(61,62)57-39-25-17-35(18-26-39)53(7,8)9)31-32-44(48(47)50(46)60)66(63,64)58-40-27-19-36(20-28-40)54(10,11)12/h13-32,55-58H,1-12H3. The molecule has 0 unspecified atom stereocenters. The number of rotatable bonds is 10. The Hall–Kier alpha value is -6.24. The first kappa shape index (κ1) is 47.7. The fourth-order valence-corrected chi connectivity index (χ4v) is 10.4. The van der Waals surface area contributed by atoms with Crippen LogP contribution in [0.15, 0.2) is 131 Å². The summed E-state index contributed by atoms with van der Waals surface area (Å²) in [5.74, 6) is -1.70. The van der Waals surface area contributed by atoms with Gasteiger partial charge in [0.25, 0.3) is 20.0 Å². The predicted octanol–water partition coefficient (Wildman–Crippen LogP) is 12.7. The number of carbonyl (C=O) groups is 2. The second kappa shape index (κ2) is 16.9. The van der Waals surface area contributed by atoms with Crippen molar-refractivity contribution in [3.05, 3.63) is 166 Å². The number of nitrogens with one attached hydrogen (secondary N) is 4. The summed E-state index contributed by atoms with van der Waals surface area (Å²) >= 11 is 0. The Kier molecular flexibility index (Phi) is 12.2. The van der Waals surface area contributed by atoms with Gasteiger partial charge in [-0.25, -0.2) is 16.8 Å². The van der Waals surface area contributed by atoms with E-state index in [1.165, 1.54) is 0 Å². The van der Waals surface area contributed by atoms with E-state index in [0.29, 0.717) is 11.4 Å². The van der Waals surface area contributed by atoms with Crippen LogP contribution < -0.4 is 20.1 Å². The summed E-state index contributed by atoms with van der Waals surface area (Å²) in [5, 5.41) is 6.64. The van der Waals surface area contributed by atoms with E-state index in [0.717, 1.165) is 34.4 Å².